The highest BCUT2D eigenvalue weighted by Gasteiger charge is 2.11. The van der Waals surface area contributed by atoms with Gasteiger partial charge in [-0.1, -0.05) is 52.7 Å². The van der Waals surface area contributed by atoms with E-state index in [-0.39, 0.29) is 0 Å². The van der Waals surface area contributed by atoms with Crippen molar-refractivity contribution in [1.29, 1.82) is 0 Å². The van der Waals surface area contributed by atoms with E-state index in [1.54, 1.807) is 0 Å². The van der Waals surface area contributed by atoms with E-state index in [9.17, 15) is 0 Å². The summed E-state index contributed by atoms with van der Waals surface area (Å²) < 4.78 is 1.12. The molecule has 0 bridgehead atoms. The van der Waals surface area contributed by atoms with Crippen LogP contribution in [0.5, 0.6) is 0 Å². The van der Waals surface area contributed by atoms with E-state index in [2.05, 4.69) is 52.4 Å². The molecule has 1 atom stereocenters. The van der Waals surface area contributed by atoms with Gasteiger partial charge in [0.1, 0.15) is 0 Å². The topological polar surface area (TPSA) is 12.0 Å². The van der Waals surface area contributed by atoms with Gasteiger partial charge in [0.2, 0.25) is 0 Å². The molecular formula is C16H17BrClNS. The molecule has 1 nitrogen and oxygen atoms in total. The van der Waals surface area contributed by atoms with Gasteiger partial charge >= 0.3 is 0 Å². The third kappa shape index (κ3) is 4.81. The third-order valence-corrected chi connectivity index (χ3v) is 4.73. The molecule has 1 unspecified atom stereocenters. The first-order valence-electron chi connectivity index (χ1n) is 6.56. The maximum absolute atomic E-state index is 6.09. The number of rotatable bonds is 6. The van der Waals surface area contributed by atoms with E-state index in [4.69, 9.17) is 11.6 Å². The zero-order valence-corrected chi connectivity index (χ0v) is 14.4. The Bertz CT molecular complexity index is 562. The predicted molar refractivity (Wildman–Crippen MR) is 92.7 cm³/mol. The lowest BCUT2D eigenvalue weighted by atomic mass is 10.1. The van der Waals surface area contributed by atoms with Crippen molar-refractivity contribution in [2.24, 2.45) is 0 Å². The van der Waals surface area contributed by atoms with Gasteiger partial charge in [-0.25, -0.2) is 0 Å². The Labute approximate surface area is 138 Å². The number of nitrogens with one attached hydrogen (secondary N) is 1. The monoisotopic (exact) mass is 369 g/mol. The molecule has 2 aromatic rings. The summed E-state index contributed by atoms with van der Waals surface area (Å²) in [6, 6.07) is 16.8. The second kappa shape index (κ2) is 8.08. The first-order valence-corrected chi connectivity index (χ1v) is 8.72. The number of halogens is 2. The summed E-state index contributed by atoms with van der Waals surface area (Å²) in [5.74, 6) is 0.977. The molecule has 0 spiro atoms. The summed E-state index contributed by atoms with van der Waals surface area (Å²) >= 11 is 11.4. The molecule has 0 heterocycles. The number of benzene rings is 2. The molecule has 20 heavy (non-hydrogen) atoms. The average Bonchev–Trinajstić information content (AvgIpc) is 2.43. The number of hydrogen-bond acceptors (Lipinski definition) is 2. The Kier molecular flexibility index (Phi) is 6.43. The fraction of sp³-hybridized carbons (Fsp3) is 0.250. The summed E-state index contributed by atoms with van der Waals surface area (Å²) in [5.41, 5.74) is 1.24. The van der Waals surface area contributed by atoms with Gasteiger partial charge in [-0.3, -0.25) is 0 Å². The van der Waals surface area contributed by atoms with Crippen molar-refractivity contribution in [1.82, 2.24) is 5.32 Å². The van der Waals surface area contributed by atoms with Crippen LogP contribution >= 0.6 is 39.3 Å². The Hall–Kier alpha value is -0.480. The molecule has 0 aliphatic rings. The van der Waals surface area contributed by atoms with Crippen LogP contribution in [0.3, 0.4) is 0 Å². The standard InChI is InChI=1S/C16H17BrClNS/c1-2-19-16(12-5-3-7-14(18)9-12)11-20-15-8-4-6-13(17)10-15/h3-10,16,19H,2,11H2,1H3. The third-order valence-electron chi connectivity index (χ3n) is 2.91. The second-order valence-corrected chi connectivity index (χ2v) is 6.88. The molecule has 1 N–H and O–H groups in total. The van der Waals surface area contributed by atoms with Gasteiger partial charge in [-0.15, -0.1) is 11.8 Å². The minimum atomic E-state index is 0.308. The van der Waals surface area contributed by atoms with E-state index in [1.807, 2.05) is 36.0 Å². The molecule has 2 aromatic carbocycles. The summed E-state index contributed by atoms with van der Waals surface area (Å²) in [4.78, 5) is 1.27. The molecule has 0 fully saturated rings. The van der Waals surface area contributed by atoms with Crippen LogP contribution in [-0.4, -0.2) is 12.3 Å². The van der Waals surface area contributed by atoms with Crippen molar-refractivity contribution in [3.05, 3.63) is 63.6 Å². The zero-order valence-electron chi connectivity index (χ0n) is 11.3. The summed E-state index contributed by atoms with van der Waals surface area (Å²) in [5, 5.41) is 4.31. The normalized spacial score (nSPS) is 12.3. The van der Waals surface area contributed by atoms with Crippen LogP contribution in [0.15, 0.2) is 57.9 Å². The van der Waals surface area contributed by atoms with Crippen molar-refractivity contribution in [3.63, 3.8) is 0 Å². The Morgan fingerprint density at radius 1 is 1.20 bits per heavy atom. The Morgan fingerprint density at radius 3 is 2.70 bits per heavy atom. The van der Waals surface area contributed by atoms with Crippen LogP contribution in [0.1, 0.15) is 18.5 Å². The quantitative estimate of drug-likeness (QED) is 0.669. The molecule has 0 aliphatic carbocycles. The zero-order chi connectivity index (χ0) is 14.4. The highest BCUT2D eigenvalue weighted by Crippen LogP contribution is 2.27. The molecule has 0 saturated heterocycles. The summed E-state index contributed by atoms with van der Waals surface area (Å²) in [7, 11) is 0. The Morgan fingerprint density at radius 2 is 2.00 bits per heavy atom. The molecule has 0 aliphatic heterocycles. The van der Waals surface area contributed by atoms with Gasteiger partial charge in [0.05, 0.1) is 0 Å². The second-order valence-electron chi connectivity index (χ2n) is 4.43. The smallest absolute Gasteiger partial charge is 0.0415 e. The lowest BCUT2D eigenvalue weighted by Crippen LogP contribution is -2.22. The fourth-order valence-corrected chi connectivity index (χ4v) is 3.78. The van der Waals surface area contributed by atoms with Crippen molar-refractivity contribution >= 4 is 39.3 Å². The van der Waals surface area contributed by atoms with Crippen molar-refractivity contribution in [2.45, 2.75) is 17.9 Å². The van der Waals surface area contributed by atoms with Gasteiger partial charge in [0.25, 0.3) is 0 Å². The first-order chi connectivity index (χ1) is 9.69. The van der Waals surface area contributed by atoms with Crippen LogP contribution in [-0.2, 0) is 0 Å². The lowest BCUT2D eigenvalue weighted by molar-refractivity contribution is 0.606. The molecule has 4 heteroatoms. The van der Waals surface area contributed by atoms with Crippen LogP contribution in [0, 0.1) is 0 Å². The molecular weight excluding hydrogens is 354 g/mol. The molecule has 0 aromatic heterocycles. The van der Waals surface area contributed by atoms with E-state index in [0.717, 1.165) is 21.8 Å². The van der Waals surface area contributed by atoms with Gasteiger partial charge < -0.3 is 5.32 Å². The number of thioether (sulfide) groups is 1. The van der Waals surface area contributed by atoms with E-state index < -0.39 is 0 Å². The lowest BCUT2D eigenvalue weighted by Gasteiger charge is -2.18. The summed E-state index contributed by atoms with van der Waals surface area (Å²) in [6.45, 7) is 3.07. The molecule has 0 saturated carbocycles. The van der Waals surface area contributed by atoms with Crippen LogP contribution in [0.4, 0.5) is 0 Å². The van der Waals surface area contributed by atoms with E-state index in [0.29, 0.717) is 6.04 Å². The summed E-state index contributed by atoms with van der Waals surface area (Å²) in [6.07, 6.45) is 0. The van der Waals surface area contributed by atoms with Gasteiger partial charge in [-0.05, 0) is 42.4 Å². The van der Waals surface area contributed by atoms with Crippen molar-refractivity contribution in [2.75, 3.05) is 12.3 Å². The predicted octanol–water partition coefficient (Wildman–Crippen LogP) is 5.55. The van der Waals surface area contributed by atoms with Crippen LogP contribution < -0.4 is 5.32 Å². The molecule has 0 amide bonds. The average molecular weight is 371 g/mol. The minimum Gasteiger partial charge on any atom is -0.309 e. The largest absolute Gasteiger partial charge is 0.309 e. The molecule has 106 valence electrons. The number of hydrogen-bond donors (Lipinski definition) is 1. The van der Waals surface area contributed by atoms with Crippen LogP contribution in [0.25, 0.3) is 0 Å². The fourth-order valence-electron chi connectivity index (χ4n) is 1.98. The van der Waals surface area contributed by atoms with E-state index in [1.165, 1.54) is 10.5 Å². The highest BCUT2D eigenvalue weighted by atomic mass is 79.9. The highest BCUT2D eigenvalue weighted by molar-refractivity contribution is 9.10. The van der Waals surface area contributed by atoms with Gasteiger partial charge in [0.15, 0.2) is 0 Å². The van der Waals surface area contributed by atoms with E-state index >= 15 is 0 Å². The van der Waals surface area contributed by atoms with Crippen molar-refractivity contribution < 1.29 is 0 Å². The maximum atomic E-state index is 6.09. The molecule has 0 radical (unpaired) electrons. The van der Waals surface area contributed by atoms with Crippen LogP contribution in [0.2, 0.25) is 5.02 Å². The van der Waals surface area contributed by atoms with Crippen molar-refractivity contribution in [3.8, 4) is 0 Å². The first kappa shape index (κ1) is 15.9. The molecule has 2 rings (SSSR count). The minimum absolute atomic E-state index is 0.308. The van der Waals surface area contributed by atoms with Gasteiger partial charge in [0, 0.05) is 26.2 Å². The Balaban J connectivity index is 2.06. The SMILES string of the molecule is CCNC(CSc1cccc(Br)c1)c1cccc(Cl)c1. The van der Waals surface area contributed by atoms with Gasteiger partial charge in [-0.2, -0.15) is 0 Å². The maximum Gasteiger partial charge on any atom is 0.0415 e.